The van der Waals surface area contributed by atoms with Crippen LogP contribution in [0, 0.1) is 0 Å². The Morgan fingerprint density at radius 1 is 1.38 bits per heavy atom. The molecule has 21 heavy (non-hydrogen) atoms. The van der Waals surface area contributed by atoms with Crippen molar-refractivity contribution in [1.29, 1.82) is 0 Å². The molecule has 118 valence electrons. The van der Waals surface area contributed by atoms with E-state index >= 15 is 0 Å². The van der Waals surface area contributed by atoms with Crippen LogP contribution in [0.25, 0.3) is 0 Å². The van der Waals surface area contributed by atoms with Crippen LogP contribution in [0.4, 0.5) is 8.78 Å². The minimum atomic E-state index is -2.89. The van der Waals surface area contributed by atoms with E-state index in [9.17, 15) is 13.6 Å². The third-order valence-corrected chi connectivity index (χ3v) is 3.44. The van der Waals surface area contributed by atoms with E-state index in [2.05, 4.69) is 15.4 Å². The number of carbonyl (C=O) groups excluding carboxylic acids is 1. The highest BCUT2D eigenvalue weighted by Crippen LogP contribution is 2.20. The lowest BCUT2D eigenvalue weighted by Crippen LogP contribution is -2.52. The van der Waals surface area contributed by atoms with Gasteiger partial charge in [-0.15, -0.1) is 12.4 Å². The van der Waals surface area contributed by atoms with E-state index < -0.39 is 6.61 Å². The zero-order valence-electron chi connectivity index (χ0n) is 11.7. The van der Waals surface area contributed by atoms with E-state index in [4.69, 9.17) is 0 Å². The second-order valence-corrected chi connectivity index (χ2v) is 5.17. The number of hydrogen-bond donors (Lipinski definition) is 2. The number of benzene rings is 1. The number of rotatable bonds is 4. The number of ether oxygens (including phenoxy) is 1. The van der Waals surface area contributed by atoms with E-state index in [-0.39, 0.29) is 29.6 Å². The summed E-state index contributed by atoms with van der Waals surface area (Å²) in [6, 6.07) is 5.83. The highest BCUT2D eigenvalue weighted by Gasteiger charge is 2.28. The van der Waals surface area contributed by atoms with Crippen LogP contribution >= 0.6 is 12.4 Å². The Morgan fingerprint density at radius 2 is 2.05 bits per heavy atom. The molecule has 0 aliphatic carbocycles. The molecule has 0 atom stereocenters. The Balaban J connectivity index is 0.00000220. The summed E-state index contributed by atoms with van der Waals surface area (Å²) in [5.41, 5.74) is 0.0601. The molecule has 0 saturated carbocycles. The fourth-order valence-corrected chi connectivity index (χ4v) is 2.26. The summed E-state index contributed by atoms with van der Waals surface area (Å²) in [6.45, 7) is 0.803. The van der Waals surface area contributed by atoms with Crippen LogP contribution in [0.1, 0.15) is 30.1 Å². The lowest BCUT2D eigenvalue weighted by Gasteiger charge is -2.35. The average Bonchev–Trinajstić information content (AvgIpc) is 2.38. The van der Waals surface area contributed by atoms with E-state index in [1.165, 1.54) is 18.2 Å². The zero-order valence-corrected chi connectivity index (χ0v) is 12.5. The third-order valence-electron chi connectivity index (χ3n) is 3.44. The number of amides is 1. The molecule has 0 unspecified atom stereocenters. The molecule has 0 radical (unpaired) electrons. The van der Waals surface area contributed by atoms with E-state index in [1.807, 2.05) is 6.92 Å². The summed E-state index contributed by atoms with van der Waals surface area (Å²) < 4.78 is 28.6. The van der Waals surface area contributed by atoms with Crippen LogP contribution in [-0.2, 0) is 0 Å². The van der Waals surface area contributed by atoms with Gasteiger partial charge in [-0.05, 0) is 51.1 Å². The maximum atomic E-state index is 12.2. The van der Waals surface area contributed by atoms with Crippen molar-refractivity contribution in [2.45, 2.75) is 31.9 Å². The molecule has 2 N–H and O–H groups in total. The number of carbonyl (C=O) groups is 1. The fraction of sp³-hybridized carbons (Fsp3) is 0.500. The number of hydrogen-bond acceptors (Lipinski definition) is 3. The van der Waals surface area contributed by atoms with Gasteiger partial charge in [-0.1, -0.05) is 6.07 Å². The first kappa shape index (κ1) is 17.7. The van der Waals surface area contributed by atoms with E-state index in [0.29, 0.717) is 5.56 Å². The number of alkyl halides is 2. The molecule has 4 nitrogen and oxygen atoms in total. The Kier molecular flexibility index (Phi) is 6.36. The summed E-state index contributed by atoms with van der Waals surface area (Å²) in [6.07, 6.45) is 1.68. The van der Waals surface area contributed by atoms with Crippen LogP contribution in [0.3, 0.4) is 0 Å². The number of nitrogens with one attached hydrogen (secondary N) is 2. The van der Waals surface area contributed by atoms with Crippen molar-refractivity contribution >= 4 is 18.3 Å². The standard InChI is InChI=1S/C14H18F2N2O2.ClH/c1-14(5-7-17-8-6-14)18-12(19)10-3-2-4-11(9-10)20-13(15)16;/h2-4,9,13,17H,5-8H2,1H3,(H,18,19);1H. The zero-order chi connectivity index (χ0) is 14.6. The number of piperidine rings is 1. The lowest BCUT2D eigenvalue weighted by atomic mass is 9.90. The van der Waals surface area contributed by atoms with Gasteiger partial charge in [-0.2, -0.15) is 8.78 Å². The topological polar surface area (TPSA) is 50.4 Å². The van der Waals surface area contributed by atoms with E-state index in [1.54, 1.807) is 6.07 Å². The van der Waals surface area contributed by atoms with Crippen molar-refractivity contribution in [3.8, 4) is 5.75 Å². The largest absolute Gasteiger partial charge is 0.435 e. The molecule has 1 fully saturated rings. The highest BCUT2D eigenvalue weighted by molar-refractivity contribution is 5.95. The van der Waals surface area contributed by atoms with Gasteiger partial charge in [0.25, 0.3) is 5.91 Å². The van der Waals surface area contributed by atoms with Gasteiger partial charge in [0.05, 0.1) is 0 Å². The summed E-state index contributed by atoms with van der Waals surface area (Å²) in [4.78, 5) is 12.2. The Morgan fingerprint density at radius 3 is 2.67 bits per heavy atom. The SMILES string of the molecule is CC1(NC(=O)c2cccc(OC(F)F)c2)CCNCC1.Cl. The normalized spacial score (nSPS) is 17.0. The van der Waals surface area contributed by atoms with Crippen molar-refractivity contribution in [3.05, 3.63) is 29.8 Å². The molecular formula is C14H19ClF2N2O2. The molecule has 1 saturated heterocycles. The molecule has 1 heterocycles. The van der Waals surface area contributed by atoms with Gasteiger partial charge in [0.15, 0.2) is 0 Å². The molecule has 0 bridgehead atoms. The van der Waals surface area contributed by atoms with E-state index in [0.717, 1.165) is 25.9 Å². The highest BCUT2D eigenvalue weighted by atomic mass is 35.5. The Bertz CT molecular complexity index is 480. The summed E-state index contributed by atoms with van der Waals surface area (Å²) in [5, 5.41) is 6.20. The summed E-state index contributed by atoms with van der Waals surface area (Å²) in [5.74, 6) is -0.280. The predicted molar refractivity (Wildman–Crippen MR) is 78.3 cm³/mol. The first-order valence-corrected chi connectivity index (χ1v) is 6.57. The maximum absolute atomic E-state index is 12.2. The van der Waals surface area contributed by atoms with Gasteiger partial charge < -0.3 is 15.4 Å². The molecular weight excluding hydrogens is 302 g/mol. The molecule has 2 rings (SSSR count). The first-order chi connectivity index (χ1) is 9.48. The predicted octanol–water partition coefficient (Wildman–Crippen LogP) is 2.58. The molecule has 1 amide bonds. The molecule has 7 heteroatoms. The Labute approximate surface area is 128 Å². The fourth-order valence-electron chi connectivity index (χ4n) is 2.26. The first-order valence-electron chi connectivity index (χ1n) is 6.57. The van der Waals surface area contributed by atoms with Gasteiger partial charge in [0.2, 0.25) is 0 Å². The minimum absolute atomic E-state index is 0. The van der Waals surface area contributed by atoms with Crippen LogP contribution < -0.4 is 15.4 Å². The molecule has 1 aromatic carbocycles. The molecule has 1 aromatic rings. The lowest BCUT2D eigenvalue weighted by molar-refractivity contribution is -0.0498. The van der Waals surface area contributed by atoms with Crippen molar-refractivity contribution in [2.24, 2.45) is 0 Å². The van der Waals surface area contributed by atoms with Crippen LogP contribution in [0.15, 0.2) is 24.3 Å². The smallest absolute Gasteiger partial charge is 0.387 e. The molecule has 1 aliphatic rings. The quantitative estimate of drug-likeness (QED) is 0.896. The second-order valence-electron chi connectivity index (χ2n) is 5.17. The van der Waals surface area contributed by atoms with Crippen molar-refractivity contribution in [1.82, 2.24) is 10.6 Å². The monoisotopic (exact) mass is 320 g/mol. The van der Waals surface area contributed by atoms with Gasteiger partial charge in [0, 0.05) is 11.1 Å². The maximum Gasteiger partial charge on any atom is 0.387 e. The van der Waals surface area contributed by atoms with Crippen molar-refractivity contribution in [2.75, 3.05) is 13.1 Å². The average molecular weight is 321 g/mol. The Hall–Kier alpha value is -1.40. The third kappa shape index (κ3) is 5.13. The summed E-state index contributed by atoms with van der Waals surface area (Å²) in [7, 11) is 0. The van der Waals surface area contributed by atoms with Crippen LogP contribution in [-0.4, -0.2) is 31.1 Å². The van der Waals surface area contributed by atoms with Gasteiger partial charge in [0.1, 0.15) is 5.75 Å². The number of halogens is 3. The molecule has 0 spiro atoms. The van der Waals surface area contributed by atoms with Crippen molar-refractivity contribution < 1.29 is 18.3 Å². The summed E-state index contributed by atoms with van der Waals surface area (Å²) >= 11 is 0. The van der Waals surface area contributed by atoms with Gasteiger partial charge in [-0.25, -0.2) is 0 Å². The molecule has 1 aliphatic heterocycles. The van der Waals surface area contributed by atoms with Gasteiger partial charge in [-0.3, -0.25) is 4.79 Å². The molecule has 0 aromatic heterocycles. The van der Waals surface area contributed by atoms with Crippen LogP contribution in [0.2, 0.25) is 0 Å². The van der Waals surface area contributed by atoms with Crippen LogP contribution in [0.5, 0.6) is 5.75 Å². The van der Waals surface area contributed by atoms with Gasteiger partial charge >= 0.3 is 6.61 Å². The minimum Gasteiger partial charge on any atom is -0.435 e. The van der Waals surface area contributed by atoms with Crippen molar-refractivity contribution in [3.63, 3.8) is 0 Å². The second kappa shape index (κ2) is 7.56.